The van der Waals surface area contributed by atoms with Gasteiger partial charge in [-0.05, 0) is 0 Å². The topological polar surface area (TPSA) is 74.0 Å². The largest absolute Gasteiger partial charge is 0.480 e. The molecule has 1 rings (SSSR count). The van der Waals surface area contributed by atoms with Gasteiger partial charge in [0.15, 0.2) is 0 Å². The lowest BCUT2D eigenvalue weighted by molar-refractivity contribution is -0.136. The summed E-state index contributed by atoms with van der Waals surface area (Å²) < 4.78 is 0. The molecule has 0 radical (unpaired) electrons. The summed E-state index contributed by atoms with van der Waals surface area (Å²) in [7, 11) is 0. The highest BCUT2D eigenvalue weighted by Gasteiger charge is 2.18. The molecule has 1 unspecified atom stereocenters. The van der Waals surface area contributed by atoms with E-state index < -0.39 is 11.9 Å². The number of thiazole rings is 1. The molecule has 0 bridgehead atoms. The van der Waals surface area contributed by atoms with Gasteiger partial charge < -0.3 is 10.5 Å². The first kappa shape index (κ1) is 7.87. The average molecular weight is 170 g/mol. The van der Waals surface area contributed by atoms with Gasteiger partial charge in [-0.25, -0.2) is 4.98 Å². The predicted octanol–water partition coefficient (Wildman–Crippen LogP) is 0.961. The van der Waals surface area contributed by atoms with Crippen molar-refractivity contribution in [3.63, 3.8) is 0 Å². The van der Waals surface area contributed by atoms with Crippen molar-refractivity contribution in [1.82, 2.24) is 4.98 Å². The Morgan fingerprint density at radius 3 is 3.00 bits per heavy atom. The number of carboxylic acid groups (broad SMARTS) is 1. The SMILES string of the molecule is N=CC(C(=O)O)c1nccs1. The molecule has 0 fully saturated rings. The highest BCUT2D eigenvalue weighted by Crippen LogP contribution is 2.15. The van der Waals surface area contributed by atoms with E-state index in [9.17, 15) is 4.79 Å². The fraction of sp³-hybridized carbons (Fsp3) is 0.167. The number of aromatic nitrogens is 1. The van der Waals surface area contributed by atoms with Crippen LogP contribution in [0.3, 0.4) is 0 Å². The smallest absolute Gasteiger partial charge is 0.318 e. The molecule has 58 valence electrons. The van der Waals surface area contributed by atoms with Crippen LogP contribution in [0.5, 0.6) is 0 Å². The fourth-order valence-corrected chi connectivity index (χ4v) is 1.33. The van der Waals surface area contributed by atoms with Crippen LogP contribution in [0.1, 0.15) is 10.9 Å². The van der Waals surface area contributed by atoms with Crippen LogP contribution in [-0.2, 0) is 4.79 Å². The summed E-state index contributed by atoms with van der Waals surface area (Å²) in [5.41, 5.74) is 0. The van der Waals surface area contributed by atoms with E-state index in [1.807, 2.05) is 0 Å². The quantitative estimate of drug-likeness (QED) is 0.663. The van der Waals surface area contributed by atoms with Gasteiger partial charge in [-0.15, -0.1) is 11.3 Å². The standard InChI is InChI=1S/C6H6N2O2S/c7-3-4(6(9)10)5-8-1-2-11-5/h1-4,7H,(H,9,10). The number of rotatable bonds is 3. The molecule has 1 atom stereocenters. The summed E-state index contributed by atoms with van der Waals surface area (Å²) >= 11 is 1.24. The van der Waals surface area contributed by atoms with Gasteiger partial charge in [-0.1, -0.05) is 0 Å². The zero-order valence-corrected chi connectivity index (χ0v) is 6.34. The molecular formula is C6H6N2O2S. The number of carboxylic acids is 1. The molecule has 0 amide bonds. The Hall–Kier alpha value is -1.23. The molecule has 0 saturated carbocycles. The second-order valence-corrected chi connectivity index (χ2v) is 2.78. The third kappa shape index (κ3) is 1.62. The lowest BCUT2D eigenvalue weighted by Crippen LogP contribution is -2.11. The summed E-state index contributed by atoms with van der Waals surface area (Å²) in [5, 5.41) is 17.5. The summed E-state index contributed by atoms with van der Waals surface area (Å²) in [4.78, 5) is 14.2. The molecule has 2 N–H and O–H groups in total. The van der Waals surface area contributed by atoms with E-state index >= 15 is 0 Å². The maximum atomic E-state index is 10.4. The van der Waals surface area contributed by atoms with Gasteiger partial charge in [0.05, 0.1) is 0 Å². The highest BCUT2D eigenvalue weighted by molar-refractivity contribution is 7.09. The van der Waals surface area contributed by atoms with Crippen LogP contribution in [0.2, 0.25) is 0 Å². The first-order valence-electron chi connectivity index (χ1n) is 2.88. The Morgan fingerprint density at radius 2 is 2.64 bits per heavy atom. The van der Waals surface area contributed by atoms with Gasteiger partial charge in [0.2, 0.25) is 0 Å². The summed E-state index contributed by atoms with van der Waals surface area (Å²) in [6.07, 6.45) is 2.40. The predicted molar refractivity (Wildman–Crippen MR) is 41.3 cm³/mol. The zero-order valence-electron chi connectivity index (χ0n) is 5.52. The minimum Gasteiger partial charge on any atom is -0.480 e. The van der Waals surface area contributed by atoms with Gasteiger partial charge >= 0.3 is 5.97 Å². The summed E-state index contributed by atoms with van der Waals surface area (Å²) in [6, 6.07) is 0. The van der Waals surface area contributed by atoms with E-state index in [-0.39, 0.29) is 0 Å². The maximum Gasteiger partial charge on any atom is 0.318 e. The van der Waals surface area contributed by atoms with Crippen LogP contribution in [0.4, 0.5) is 0 Å². The van der Waals surface area contributed by atoms with Crippen molar-refractivity contribution in [2.24, 2.45) is 0 Å². The maximum absolute atomic E-state index is 10.4. The van der Waals surface area contributed by atoms with Crippen molar-refractivity contribution in [1.29, 1.82) is 5.41 Å². The second kappa shape index (κ2) is 3.25. The molecule has 5 heteroatoms. The highest BCUT2D eigenvalue weighted by atomic mass is 32.1. The van der Waals surface area contributed by atoms with Gasteiger partial charge in [-0.3, -0.25) is 4.79 Å². The van der Waals surface area contributed by atoms with E-state index in [1.165, 1.54) is 17.5 Å². The van der Waals surface area contributed by atoms with Gasteiger partial charge in [0.25, 0.3) is 0 Å². The molecule has 11 heavy (non-hydrogen) atoms. The molecule has 0 aliphatic rings. The number of nitrogens with one attached hydrogen (secondary N) is 1. The Morgan fingerprint density at radius 1 is 1.91 bits per heavy atom. The van der Waals surface area contributed by atoms with Crippen LogP contribution in [0, 0.1) is 5.41 Å². The molecular weight excluding hydrogens is 164 g/mol. The first-order valence-corrected chi connectivity index (χ1v) is 3.76. The molecule has 0 aliphatic heterocycles. The van der Waals surface area contributed by atoms with Gasteiger partial charge in [-0.2, -0.15) is 0 Å². The third-order valence-electron chi connectivity index (χ3n) is 1.15. The van der Waals surface area contributed by atoms with Gasteiger partial charge in [0, 0.05) is 17.8 Å². The van der Waals surface area contributed by atoms with E-state index in [1.54, 1.807) is 5.38 Å². The van der Waals surface area contributed by atoms with Crippen LogP contribution in [-0.4, -0.2) is 22.3 Å². The monoisotopic (exact) mass is 170 g/mol. The van der Waals surface area contributed by atoms with E-state index in [4.69, 9.17) is 10.5 Å². The second-order valence-electron chi connectivity index (χ2n) is 1.85. The van der Waals surface area contributed by atoms with Crippen LogP contribution >= 0.6 is 11.3 Å². The Kier molecular flexibility index (Phi) is 2.32. The van der Waals surface area contributed by atoms with Crippen molar-refractivity contribution in [3.8, 4) is 0 Å². The molecule has 0 aromatic carbocycles. The van der Waals surface area contributed by atoms with E-state index in [0.29, 0.717) is 5.01 Å². The first-order chi connectivity index (χ1) is 5.25. The van der Waals surface area contributed by atoms with Crippen LogP contribution in [0.15, 0.2) is 11.6 Å². The number of hydrogen-bond donors (Lipinski definition) is 2. The Labute approximate surface area is 67.0 Å². The van der Waals surface area contributed by atoms with E-state index in [0.717, 1.165) is 6.21 Å². The molecule has 1 aromatic heterocycles. The third-order valence-corrected chi connectivity index (χ3v) is 2.01. The lowest BCUT2D eigenvalue weighted by Gasteiger charge is -1.99. The van der Waals surface area contributed by atoms with Crippen molar-refractivity contribution < 1.29 is 9.90 Å². The summed E-state index contributed by atoms with van der Waals surface area (Å²) in [5.74, 6) is -1.91. The fourth-order valence-electron chi connectivity index (χ4n) is 0.636. The minimum atomic E-state index is -1.03. The van der Waals surface area contributed by atoms with Crippen molar-refractivity contribution in [3.05, 3.63) is 16.6 Å². The molecule has 0 saturated heterocycles. The number of nitrogens with zero attached hydrogens (tertiary/aromatic N) is 1. The number of carbonyl (C=O) groups is 1. The van der Waals surface area contributed by atoms with Crippen molar-refractivity contribution in [2.75, 3.05) is 0 Å². The van der Waals surface area contributed by atoms with Crippen LogP contribution in [0.25, 0.3) is 0 Å². The van der Waals surface area contributed by atoms with E-state index in [2.05, 4.69) is 4.98 Å². The van der Waals surface area contributed by atoms with Crippen molar-refractivity contribution in [2.45, 2.75) is 5.92 Å². The summed E-state index contributed by atoms with van der Waals surface area (Å²) in [6.45, 7) is 0. The van der Waals surface area contributed by atoms with Crippen molar-refractivity contribution >= 4 is 23.5 Å². The molecule has 1 heterocycles. The zero-order chi connectivity index (χ0) is 8.27. The van der Waals surface area contributed by atoms with Crippen LogP contribution < -0.4 is 0 Å². The number of aliphatic carboxylic acids is 1. The number of hydrogen-bond acceptors (Lipinski definition) is 4. The van der Waals surface area contributed by atoms with Gasteiger partial charge in [0.1, 0.15) is 10.9 Å². The molecule has 0 aliphatic carbocycles. The Bertz CT molecular complexity index is 258. The lowest BCUT2D eigenvalue weighted by atomic mass is 10.2. The molecule has 4 nitrogen and oxygen atoms in total. The molecule has 1 aromatic rings. The normalized spacial score (nSPS) is 12.4. The average Bonchev–Trinajstić information content (AvgIpc) is 2.40. The Balaban J connectivity index is 2.88. The minimum absolute atomic E-state index is 0.451. The molecule has 0 spiro atoms.